The molecule has 22 heavy (non-hydrogen) atoms. The van der Waals surface area contributed by atoms with E-state index in [1.54, 1.807) is 14.2 Å². The lowest BCUT2D eigenvalue weighted by Gasteiger charge is -2.13. The van der Waals surface area contributed by atoms with Crippen LogP contribution in [0.25, 0.3) is 0 Å². The number of likely N-dealkylation sites (N-methyl/N-ethyl adjacent to an activating group) is 1. The van der Waals surface area contributed by atoms with Crippen LogP contribution in [0.2, 0.25) is 0 Å². The van der Waals surface area contributed by atoms with Gasteiger partial charge in [0.25, 0.3) is 0 Å². The molecule has 1 rings (SSSR count). The Kier molecular flexibility index (Phi) is 10.4. The van der Waals surface area contributed by atoms with Crippen LogP contribution >= 0.6 is 12.4 Å². The third-order valence-corrected chi connectivity index (χ3v) is 3.25. The van der Waals surface area contributed by atoms with E-state index in [-0.39, 0.29) is 18.3 Å². The maximum atomic E-state index is 11.8. The number of ether oxygens (including phenoxy) is 2. The summed E-state index contributed by atoms with van der Waals surface area (Å²) in [6.07, 6.45) is 1.15. The molecular weight excluding hydrogens is 304 g/mol. The van der Waals surface area contributed by atoms with Crippen molar-refractivity contribution in [1.82, 2.24) is 10.6 Å². The summed E-state index contributed by atoms with van der Waals surface area (Å²) in [5, 5.41) is 6.19. The number of benzene rings is 1. The summed E-state index contributed by atoms with van der Waals surface area (Å²) in [4.78, 5) is 11.8. The van der Waals surface area contributed by atoms with Crippen LogP contribution in [0.5, 0.6) is 11.5 Å². The molecule has 0 saturated carbocycles. The molecule has 0 aliphatic rings. The monoisotopic (exact) mass is 330 g/mol. The van der Waals surface area contributed by atoms with Crippen LogP contribution in [-0.4, -0.2) is 39.3 Å². The molecule has 0 radical (unpaired) electrons. The first-order valence-electron chi connectivity index (χ1n) is 7.31. The highest BCUT2D eigenvalue weighted by molar-refractivity contribution is 5.85. The number of aryl methyl sites for hydroxylation is 1. The number of hydrogen-bond acceptors (Lipinski definition) is 4. The molecule has 0 saturated heterocycles. The van der Waals surface area contributed by atoms with Crippen LogP contribution in [0.15, 0.2) is 18.2 Å². The number of nitrogens with one attached hydrogen (secondary N) is 2. The van der Waals surface area contributed by atoms with Gasteiger partial charge >= 0.3 is 0 Å². The Morgan fingerprint density at radius 2 is 1.91 bits per heavy atom. The van der Waals surface area contributed by atoms with E-state index in [1.807, 2.05) is 18.2 Å². The summed E-state index contributed by atoms with van der Waals surface area (Å²) in [5.41, 5.74) is 1.06. The van der Waals surface area contributed by atoms with Crippen LogP contribution in [0, 0.1) is 0 Å². The molecule has 5 nitrogen and oxygen atoms in total. The van der Waals surface area contributed by atoms with Crippen LogP contribution in [0.3, 0.4) is 0 Å². The number of rotatable bonds is 9. The smallest absolute Gasteiger partial charge is 0.220 e. The fourth-order valence-electron chi connectivity index (χ4n) is 2.07. The molecule has 6 heteroatoms. The van der Waals surface area contributed by atoms with Gasteiger partial charge in [0.2, 0.25) is 5.91 Å². The molecule has 0 spiro atoms. The van der Waals surface area contributed by atoms with E-state index in [1.165, 1.54) is 0 Å². The summed E-state index contributed by atoms with van der Waals surface area (Å²) in [6.45, 7) is 5.66. The number of carbonyl (C=O) groups excluding carboxylic acids is 1. The minimum atomic E-state index is 0. The molecular formula is C16H27ClN2O3. The van der Waals surface area contributed by atoms with Gasteiger partial charge < -0.3 is 20.1 Å². The van der Waals surface area contributed by atoms with E-state index in [9.17, 15) is 4.79 Å². The molecule has 0 fully saturated rings. The summed E-state index contributed by atoms with van der Waals surface area (Å²) in [7, 11) is 3.22. The number of hydrogen-bond donors (Lipinski definition) is 2. The summed E-state index contributed by atoms with van der Waals surface area (Å²) >= 11 is 0. The SMILES string of the molecule is CCN[C@H](C)CNC(=O)CCc1ccc(OC)c(OC)c1.Cl. The first kappa shape index (κ1) is 20.5. The predicted molar refractivity (Wildman–Crippen MR) is 91.3 cm³/mol. The second kappa shape index (κ2) is 11.2. The topological polar surface area (TPSA) is 59.6 Å². The number of carbonyl (C=O) groups is 1. The summed E-state index contributed by atoms with van der Waals surface area (Å²) in [6, 6.07) is 6.02. The van der Waals surface area contributed by atoms with Crippen molar-refractivity contribution in [3.63, 3.8) is 0 Å². The van der Waals surface area contributed by atoms with Crippen molar-refractivity contribution in [3.05, 3.63) is 23.8 Å². The lowest BCUT2D eigenvalue weighted by atomic mass is 10.1. The minimum absolute atomic E-state index is 0. The highest BCUT2D eigenvalue weighted by Gasteiger charge is 2.08. The molecule has 2 N–H and O–H groups in total. The van der Waals surface area contributed by atoms with Crippen molar-refractivity contribution in [2.75, 3.05) is 27.3 Å². The normalized spacial score (nSPS) is 11.3. The maximum absolute atomic E-state index is 11.8. The van der Waals surface area contributed by atoms with Crippen LogP contribution in [0.1, 0.15) is 25.8 Å². The van der Waals surface area contributed by atoms with Crippen molar-refractivity contribution in [3.8, 4) is 11.5 Å². The van der Waals surface area contributed by atoms with E-state index >= 15 is 0 Å². The van der Waals surface area contributed by atoms with Crippen LogP contribution in [-0.2, 0) is 11.2 Å². The molecule has 0 unspecified atom stereocenters. The first-order chi connectivity index (χ1) is 10.1. The molecule has 126 valence electrons. The molecule has 0 aliphatic carbocycles. The van der Waals surface area contributed by atoms with E-state index in [0.29, 0.717) is 36.9 Å². The van der Waals surface area contributed by atoms with E-state index in [0.717, 1.165) is 12.1 Å². The Labute approximate surface area is 139 Å². The Morgan fingerprint density at radius 3 is 2.50 bits per heavy atom. The molecule has 0 aromatic heterocycles. The third-order valence-electron chi connectivity index (χ3n) is 3.25. The van der Waals surface area contributed by atoms with Gasteiger partial charge in [0, 0.05) is 19.0 Å². The predicted octanol–water partition coefficient (Wildman–Crippen LogP) is 2.17. The fourth-order valence-corrected chi connectivity index (χ4v) is 2.07. The maximum Gasteiger partial charge on any atom is 0.220 e. The van der Waals surface area contributed by atoms with Gasteiger partial charge in [0.1, 0.15) is 0 Å². The van der Waals surface area contributed by atoms with E-state index in [2.05, 4.69) is 24.5 Å². The van der Waals surface area contributed by atoms with Gasteiger partial charge in [-0.3, -0.25) is 4.79 Å². The van der Waals surface area contributed by atoms with Gasteiger partial charge in [-0.1, -0.05) is 13.0 Å². The second-order valence-electron chi connectivity index (χ2n) is 4.95. The van der Waals surface area contributed by atoms with Gasteiger partial charge in [0.05, 0.1) is 14.2 Å². The van der Waals surface area contributed by atoms with Gasteiger partial charge in [0.15, 0.2) is 11.5 Å². The largest absolute Gasteiger partial charge is 0.493 e. The number of halogens is 1. The molecule has 1 atom stereocenters. The van der Waals surface area contributed by atoms with Crippen molar-refractivity contribution >= 4 is 18.3 Å². The highest BCUT2D eigenvalue weighted by atomic mass is 35.5. The zero-order valence-corrected chi connectivity index (χ0v) is 14.6. The Morgan fingerprint density at radius 1 is 1.23 bits per heavy atom. The molecule has 1 amide bonds. The summed E-state index contributed by atoms with van der Waals surface area (Å²) < 4.78 is 10.4. The van der Waals surface area contributed by atoms with Crippen LogP contribution < -0.4 is 20.1 Å². The Balaban J connectivity index is 0.00000441. The Bertz CT molecular complexity index is 455. The zero-order chi connectivity index (χ0) is 15.7. The lowest BCUT2D eigenvalue weighted by Crippen LogP contribution is -2.38. The van der Waals surface area contributed by atoms with Crippen molar-refractivity contribution in [1.29, 1.82) is 0 Å². The van der Waals surface area contributed by atoms with E-state index in [4.69, 9.17) is 9.47 Å². The zero-order valence-electron chi connectivity index (χ0n) is 13.8. The Hall–Kier alpha value is -1.46. The van der Waals surface area contributed by atoms with Gasteiger partial charge in [-0.25, -0.2) is 0 Å². The molecule has 0 heterocycles. The molecule has 0 aliphatic heterocycles. The molecule has 0 bridgehead atoms. The fraction of sp³-hybridized carbons (Fsp3) is 0.562. The average molecular weight is 331 g/mol. The van der Waals surface area contributed by atoms with Crippen molar-refractivity contribution < 1.29 is 14.3 Å². The first-order valence-corrected chi connectivity index (χ1v) is 7.31. The summed E-state index contributed by atoms with van der Waals surface area (Å²) in [5.74, 6) is 1.45. The average Bonchev–Trinajstić information content (AvgIpc) is 2.50. The van der Waals surface area contributed by atoms with Crippen molar-refractivity contribution in [2.45, 2.75) is 32.7 Å². The quantitative estimate of drug-likeness (QED) is 0.728. The van der Waals surface area contributed by atoms with Gasteiger partial charge in [-0.05, 0) is 37.6 Å². The van der Waals surface area contributed by atoms with Crippen molar-refractivity contribution in [2.24, 2.45) is 0 Å². The van der Waals surface area contributed by atoms with Gasteiger partial charge in [-0.2, -0.15) is 0 Å². The number of amides is 1. The molecule has 1 aromatic rings. The van der Waals surface area contributed by atoms with Gasteiger partial charge in [-0.15, -0.1) is 12.4 Å². The third kappa shape index (κ3) is 7.00. The lowest BCUT2D eigenvalue weighted by molar-refractivity contribution is -0.121. The second-order valence-corrected chi connectivity index (χ2v) is 4.95. The highest BCUT2D eigenvalue weighted by Crippen LogP contribution is 2.27. The number of methoxy groups -OCH3 is 2. The van der Waals surface area contributed by atoms with E-state index < -0.39 is 0 Å². The van der Waals surface area contributed by atoms with Crippen LogP contribution in [0.4, 0.5) is 0 Å². The minimum Gasteiger partial charge on any atom is -0.493 e. The molecule has 1 aromatic carbocycles. The standard InChI is InChI=1S/C16H26N2O3.ClH/c1-5-17-12(2)11-18-16(19)9-7-13-6-8-14(20-3)15(10-13)21-4;/h6,8,10,12,17H,5,7,9,11H2,1-4H3,(H,18,19);1H/t12-;/m1./s1.